The van der Waals surface area contributed by atoms with Crippen molar-refractivity contribution >= 4 is 27.6 Å². The highest BCUT2D eigenvalue weighted by atomic mass is 32.2. The van der Waals surface area contributed by atoms with Crippen molar-refractivity contribution in [3.05, 3.63) is 53.1 Å². The van der Waals surface area contributed by atoms with Crippen LogP contribution in [0.15, 0.2) is 30.3 Å². The minimum absolute atomic E-state index is 0.00485. The summed E-state index contributed by atoms with van der Waals surface area (Å²) in [5.41, 5.74) is 0.411. The zero-order valence-electron chi connectivity index (χ0n) is 17.8. The van der Waals surface area contributed by atoms with Gasteiger partial charge in [-0.2, -0.15) is 0 Å². The molecule has 1 fully saturated rings. The first kappa shape index (κ1) is 23.9. The highest BCUT2D eigenvalue weighted by molar-refractivity contribution is 7.92. The van der Waals surface area contributed by atoms with Gasteiger partial charge in [-0.1, -0.05) is 0 Å². The number of amides is 1. The van der Waals surface area contributed by atoms with E-state index >= 15 is 0 Å². The number of sulfonamides is 1. The number of benzene rings is 1. The number of carbonyl (C=O) groups excluding carboxylic acids is 1. The van der Waals surface area contributed by atoms with E-state index in [2.05, 4.69) is 15.6 Å². The van der Waals surface area contributed by atoms with Crippen LogP contribution in [0, 0.1) is 17.6 Å². The number of rotatable bonds is 10. The van der Waals surface area contributed by atoms with Gasteiger partial charge in [-0.3, -0.25) is 9.10 Å². The van der Waals surface area contributed by atoms with E-state index in [4.69, 9.17) is 0 Å². The van der Waals surface area contributed by atoms with Crippen molar-refractivity contribution in [3.8, 4) is 0 Å². The molecule has 0 bridgehead atoms. The molecule has 11 heteroatoms. The van der Waals surface area contributed by atoms with E-state index in [1.807, 2.05) is 0 Å². The highest BCUT2D eigenvalue weighted by Crippen LogP contribution is 2.29. The summed E-state index contributed by atoms with van der Waals surface area (Å²) in [7, 11) is -2.28. The summed E-state index contributed by atoms with van der Waals surface area (Å²) in [5.74, 6) is -1.15. The van der Waals surface area contributed by atoms with Crippen LogP contribution in [0.2, 0.25) is 0 Å². The number of aliphatic hydroxyl groups excluding tert-OH is 1. The average molecular weight is 469 g/mol. The smallest absolute Gasteiger partial charge is 0.251 e. The fourth-order valence-corrected chi connectivity index (χ4v) is 3.52. The normalized spacial score (nSPS) is 14.7. The lowest BCUT2D eigenvalue weighted by atomic mass is 10.1. The zero-order valence-corrected chi connectivity index (χ0v) is 18.6. The van der Waals surface area contributed by atoms with E-state index in [0.717, 1.165) is 41.6 Å². The third-order valence-corrected chi connectivity index (χ3v) is 6.30. The second-order valence-electron chi connectivity index (χ2n) is 7.99. The van der Waals surface area contributed by atoms with E-state index in [1.165, 1.54) is 19.2 Å². The fraction of sp³-hybridized carbons (Fsp3) is 0.429. The van der Waals surface area contributed by atoms with Gasteiger partial charge >= 0.3 is 0 Å². The molecule has 0 spiro atoms. The van der Waals surface area contributed by atoms with E-state index < -0.39 is 40.2 Å². The summed E-state index contributed by atoms with van der Waals surface area (Å²) in [5, 5.41) is 15.4. The molecule has 0 saturated heterocycles. The van der Waals surface area contributed by atoms with Gasteiger partial charge in [-0.15, -0.1) is 0 Å². The first-order chi connectivity index (χ1) is 15.0. The lowest BCUT2D eigenvalue weighted by Gasteiger charge is -2.20. The molecule has 1 aliphatic carbocycles. The maximum atomic E-state index is 13.4. The molecule has 1 aromatic heterocycles. The quantitative estimate of drug-likeness (QED) is 0.491. The minimum Gasteiger partial charge on any atom is -0.394 e. The predicted molar refractivity (Wildman–Crippen MR) is 117 cm³/mol. The van der Waals surface area contributed by atoms with Gasteiger partial charge in [0.1, 0.15) is 23.3 Å². The number of hydrogen-bond acceptors (Lipinski definition) is 6. The molecule has 0 unspecified atom stereocenters. The minimum atomic E-state index is -3.61. The Morgan fingerprint density at radius 1 is 1.22 bits per heavy atom. The SMILES string of the molecule is CN(c1cc(C(=O)N[C@H](CO)Cc2cc(F)cc(F)c2)cc(NCC2CC2)n1)S(C)(=O)=O. The Balaban J connectivity index is 1.81. The standard InChI is InChI=1S/C21H26F2N4O4S/c1-27(32(2,30)31)20-9-15(8-19(26-20)24-11-13-3-4-13)21(29)25-18(12-28)7-14-5-16(22)10-17(23)6-14/h5-6,8-10,13,18,28H,3-4,7,11-12H2,1-2H3,(H,24,26)(H,25,29)/t18-/m0/s1. The molecule has 3 N–H and O–H groups in total. The number of aliphatic hydroxyl groups is 1. The fourth-order valence-electron chi connectivity index (χ4n) is 3.08. The summed E-state index contributed by atoms with van der Waals surface area (Å²) in [6.07, 6.45) is 3.23. The van der Waals surface area contributed by atoms with Crippen molar-refractivity contribution in [1.29, 1.82) is 0 Å². The van der Waals surface area contributed by atoms with E-state index in [1.54, 1.807) is 0 Å². The molecular formula is C21H26F2N4O4S. The molecule has 1 amide bonds. The van der Waals surface area contributed by atoms with Gasteiger partial charge in [-0.05, 0) is 55.0 Å². The monoisotopic (exact) mass is 468 g/mol. The predicted octanol–water partition coefficient (Wildman–Crippen LogP) is 1.91. The number of halogens is 2. The van der Waals surface area contributed by atoms with Gasteiger partial charge in [0, 0.05) is 25.2 Å². The molecule has 1 aliphatic rings. The Morgan fingerprint density at radius 2 is 1.88 bits per heavy atom. The summed E-state index contributed by atoms with van der Waals surface area (Å²) in [6.45, 7) is 0.197. The van der Waals surface area contributed by atoms with Crippen molar-refractivity contribution < 1.29 is 27.1 Å². The molecule has 1 aromatic carbocycles. The van der Waals surface area contributed by atoms with Gasteiger partial charge < -0.3 is 15.7 Å². The van der Waals surface area contributed by atoms with Crippen LogP contribution in [-0.2, 0) is 16.4 Å². The summed E-state index contributed by atoms with van der Waals surface area (Å²) in [4.78, 5) is 17.2. The van der Waals surface area contributed by atoms with Crippen molar-refractivity contribution in [2.45, 2.75) is 25.3 Å². The Kier molecular flexibility index (Phi) is 7.29. The van der Waals surface area contributed by atoms with Crippen molar-refractivity contribution in [2.75, 3.05) is 36.1 Å². The summed E-state index contributed by atoms with van der Waals surface area (Å²) < 4.78 is 51.8. The molecule has 8 nitrogen and oxygen atoms in total. The van der Waals surface area contributed by atoms with Gasteiger partial charge in [0.15, 0.2) is 0 Å². The Morgan fingerprint density at radius 3 is 2.44 bits per heavy atom. The molecule has 2 aromatic rings. The molecule has 32 heavy (non-hydrogen) atoms. The second-order valence-corrected chi connectivity index (χ2v) is 10.0. The Bertz CT molecular complexity index is 1070. The zero-order chi connectivity index (χ0) is 23.5. The molecule has 1 heterocycles. The molecule has 0 radical (unpaired) electrons. The van der Waals surface area contributed by atoms with Crippen molar-refractivity contribution in [2.24, 2.45) is 5.92 Å². The largest absolute Gasteiger partial charge is 0.394 e. The first-order valence-electron chi connectivity index (χ1n) is 10.1. The van der Waals surface area contributed by atoms with E-state index in [0.29, 0.717) is 18.3 Å². The van der Waals surface area contributed by atoms with Crippen LogP contribution in [0.25, 0.3) is 0 Å². The number of nitrogens with zero attached hydrogens (tertiary/aromatic N) is 2. The third-order valence-electron chi connectivity index (χ3n) is 5.12. The van der Waals surface area contributed by atoms with Gasteiger partial charge in [-0.25, -0.2) is 22.2 Å². The van der Waals surface area contributed by atoms with Crippen molar-refractivity contribution in [1.82, 2.24) is 10.3 Å². The molecule has 1 atom stereocenters. The maximum Gasteiger partial charge on any atom is 0.251 e. The van der Waals surface area contributed by atoms with Crippen molar-refractivity contribution in [3.63, 3.8) is 0 Å². The second kappa shape index (κ2) is 9.78. The number of anilines is 2. The highest BCUT2D eigenvalue weighted by Gasteiger charge is 2.23. The van der Waals surface area contributed by atoms with E-state index in [-0.39, 0.29) is 23.4 Å². The van der Waals surface area contributed by atoms with Crippen LogP contribution in [0.1, 0.15) is 28.8 Å². The number of pyridine rings is 1. The topological polar surface area (TPSA) is 112 Å². The Hall–Kier alpha value is -2.79. The summed E-state index contributed by atoms with van der Waals surface area (Å²) >= 11 is 0. The third kappa shape index (κ3) is 6.60. The first-order valence-corrected chi connectivity index (χ1v) is 12.0. The maximum absolute atomic E-state index is 13.4. The molecule has 1 saturated carbocycles. The average Bonchev–Trinajstić information content (AvgIpc) is 3.54. The van der Waals surface area contributed by atoms with Gasteiger partial charge in [0.05, 0.1) is 18.9 Å². The number of hydrogen-bond donors (Lipinski definition) is 3. The van der Waals surface area contributed by atoms with Crippen LogP contribution in [0.4, 0.5) is 20.4 Å². The molecular weight excluding hydrogens is 442 g/mol. The lowest BCUT2D eigenvalue weighted by molar-refractivity contribution is 0.0916. The molecule has 3 rings (SSSR count). The van der Waals surface area contributed by atoms with Crippen LogP contribution in [0.5, 0.6) is 0 Å². The van der Waals surface area contributed by atoms with Crippen LogP contribution in [-0.4, -0.2) is 56.9 Å². The van der Waals surface area contributed by atoms with Gasteiger partial charge in [0.2, 0.25) is 10.0 Å². The van der Waals surface area contributed by atoms with Gasteiger partial charge in [0.25, 0.3) is 5.91 Å². The van der Waals surface area contributed by atoms with E-state index in [9.17, 15) is 27.1 Å². The number of aromatic nitrogens is 1. The van der Waals surface area contributed by atoms with Crippen LogP contribution >= 0.6 is 0 Å². The number of carbonyl (C=O) groups is 1. The summed E-state index contributed by atoms with van der Waals surface area (Å²) in [6, 6.07) is 5.01. The Labute approximate surface area is 185 Å². The lowest BCUT2D eigenvalue weighted by Crippen LogP contribution is -2.39. The van der Waals surface area contributed by atoms with Crippen LogP contribution < -0.4 is 14.9 Å². The molecule has 174 valence electrons. The number of nitrogens with one attached hydrogen (secondary N) is 2. The molecule has 0 aliphatic heterocycles. The van der Waals surface area contributed by atoms with Crippen LogP contribution in [0.3, 0.4) is 0 Å².